The van der Waals surface area contributed by atoms with E-state index in [9.17, 15) is 4.79 Å². The molecule has 1 unspecified atom stereocenters. The van der Waals surface area contributed by atoms with Crippen LogP contribution in [0.25, 0.3) is 0 Å². The van der Waals surface area contributed by atoms with Crippen molar-refractivity contribution in [3.8, 4) is 0 Å². The van der Waals surface area contributed by atoms with E-state index in [1.54, 1.807) is 18.3 Å². The molecule has 0 spiro atoms. The topological polar surface area (TPSA) is 54.5 Å². The Bertz CT molecular complexity index is 473. The molecule has 0 aliphatic carbocycles. The van der Waals surface area contributed by atoms with E-state index in [2.05, 4.69) is 22.1 Å². The fourth-order valence-corrected chi connectivity index (χ4v) is 2.84. The Kier molecular flexibility index (Phi) is 6.65. The molecule has 1 aromatic rings. The predicted octanol–water partition coefficient (Wildman–Crippen LogP) is 2.79. The van der Waals surface area contributed by atoms with Gasteiger partial charge < -0.3 is 15.0 Å². The Labute approximate surface area is 133 Å². The van der Waals surface area contributed by atoms with Crippen molar-refractivity contribution < 1.29 is 9.53 Å². The molecular formula is C17H27N3O2. The van der Waals surface area contributed by atoms with E-state index < -0.39 is 0 Å². The third kappa shape index (κ3) is 4.98. The molecular weight excluding hydrogens is 278 g/mol. The van der Waals surface area contributed by atoms with E-state index in [-0.39, 0.29) is 5.97 Å². The Morgan fingerprint density at radius 2 is 2.18 bits per heavy atom. The van der Waals surface area contributed by atoms with Gasteiger partial charge in [0.1, 0.15) is 11.4 Å². The monoisotopic (exact) mass is 305 g/mol. The molecule has 0 radical (unpaired) electrons. The second kappa shape index (κ2) is 8.73. The van der Waals surface area contributed by atoms with Crippen LogP contribution in [0.3, 0.4) is 0 Å². The minimum Gasteiger partial charge on any atom is -0.462 e. The molecule has 22 heavy (non-hydrogen) atoms. The fourth-order valence-electron chi connectivity index (χ4n) is 2.84. The van der Waals surface area contributed by atoms with Crippen LogP contribution in [0.2, 0.25) is 0 Å². The highest BCUT2D eigenvalue weighted by molar-refractivity contribution is 5.94. The van der Waals surface area contributed by atoms with Crippen molar-refractivity contribution in [2.24, 2.45) is 5.92 Å². The zero-order valence-electron chi connectivity index (χ0n) is 13.7. The summed E-state index contributed by atoms with van der Waals surface area (Å²) in [5.74, 6) is 0.809. The van der Waals surface area contributed by atoms with Gasteiger partial charge in [0.2, 0.25) is 0 Å². The van der Waals surface area contributed by atoms with Crippen molar-refractivity contribution in [1.82, 2.24) is 9.88 Å². The Hall–Kier alpha value is -1.62. The summed E-state index contributed by atoms with van der Waals surface area (Å²) in [5.41, 5.74) is 0.509. The first kappa shape index (κ1) is 16.7. The van der Waals surface area contributed by atoms with Gasteiger partial charge in [-0.05, 0) is 50.9 Å². The van der Waals surface area contributed by atoms with Crippen molar-refractivity contribution in [3.63, 3.8) is 0 Å². The van der Waals surface area contributed by atoms with E-state index in [0.717, 1.165) is 13.1 Å². The molecule has 1 aromatic heterocycles. The lowest BCUT2D eigenvalue weighted by Crippen LogP contribution is -2.35. The summed E-state index contributed by atoms with van der Waals surface area (Å²) in [4.78, 5) is 18.7. The van der Waals surface area contributed by atoms with Gasteiger partial charge in [-0.3, -0.25) is 0 Å². The first-order valence-electron chi connectivity index (χ1n) is 8.29. The van der Waals surface area contributed by atoms with Gasteiger partial charge in [0, 0.05) is 19.3 Å². The summed E-state index contributed by atoms with van der Waals surface area (Å²) >= 11 is 0. The van der Waals surface area contributed by atoms with E-state index in [0.29, 0.717) is 23.9 Å². The maximum atomic E-state index is 11.9. The number of hydrogen-bond acceptors (Lipinski definition) is 5. The summed E-state index contributed by atoms with van der Waals surface area (Å²) in [6.45, 7) is 8.73. The van der Waals surface area contributed by atoms with Crippen molar-refractivity contribution in [1.29, 1.82) is 0 Å². The largest absolute Gasteiger partial charge is 0.462 e. The number of rotatable bonds is 7. The molecule has 2 heterocycles. The van der Waals surface area contributed by atoms with Crippen LogP contribution in [-0.2, 0) is 4.74 Å². The number of nitrogens with one attached hydrogen (secondary N) is 1. The van der Waals surface area contributed by atoms with Gasteiger partial charge in [0.25, 0.3) is 0 Å². The molecule has 0 aromatic carbocycles. The minimum atomic E-state index is -0.318. The number of esters is 1. The molecule has 0 amide bonds. The lowest BCUT2D eigenvalue weighted by atomic mass is 10.1. The molecule has 1 N–H and O–H groups in total. The second-order valence-corrected chi connectivity index (χ2v) is 5.97. The predicted molar refractivity (Wildman–Crippen MR) is 88.1 cm³/mol. The van der Waals surface area contributed by atoms with Crippen molar-refractivity contribution in [2.75, 3.05) is 38.1 Å². The van der Waals surface area contributed by atoms with Crippen molar-refractivity contribution in [3.05, 3.63) is 23.9 Å². The highest BCUT2D eigenvalue weighted by atomic mass is 16.5. The average molecular weight is 305 g/mol. The number of hydrogen-bond donors (Lipinski definition) is 1. The number of carbonyl (C=O) groups is 1. The van der Waals surface area contributed by atoms with E-state index in [4.69, 9.17) is 4.74 Å². The van der Waals surface area contributed by atoms with Crippen LogP contribution in [0.4, 0.5) is 5.82 Å². The Morgan fingerprint density at radius 1 is 1.41 bits per heavy atom. The number of nitrogens with zero attached hydrogens (tertiary/aromatic N) is 2. The number of anilines is 1. The van der Waals surface area contributed by atoms with Gasteiger partial charge in [0.05, 0.1) is 6.61 Å². The van der Waals surface area contributed by atoms with Gasteiger partial charge >= 0.3 is 5.97 Å². The molecule has 1 aliphatic rings. The lowest BCUT2D eigenvalue weighted by Gasteiger charge is -2.29. The Balaban J connectivity index is 1.86. The standard InChI is InChI=1S/C17H27N3O2/c1-3-22-17(21)15-8-7-9-18-16(15)19-12-14(2)13-20-10-5-4-6-11-20/h7-9,14H,3-6,10-13H2,1-2H3,(H,18,19). The van der Waals surface area contributed by atoms with Crippen LogP contribution in [-0.4, -0.2) is 48.6 Å². The number of carbonyl (C=O) groups excluding carboxylic acids is 1. The smallest absolute Gasteiger partial charge is 0.341 e. The van der Waals surface area contributed by atoms with Crippen LogP contribution in [0.15, 0.2) is 18.3 Å². The SMILES string of the molecule is CCOC(=O)c1cccnc1NCC(C)CN1CCCCC1. The van der Waals surface area contributed by atoms with Gasteiger partial charge in [-0.15, -0.1) is 0 Å². The summed E-state index contributed by atoms with van der Waals surface area (Å²) in [6, 6.07) is 3.51. The lowest BCUT2D eigenvalue weighted by molar-refractivity contribution is 0.0527. The molecule has 122 valence electrons. The van der Waals surface area contributed by atoms with Gasteiger partial charge in [-0.2, -0.15) is 0 Å². The number of likely N-dealkylation sites (tertiary alicyclic amines) is 1. The first-order chi connectivity index (χ1) is 10.7. The summed E-state index contributed by atoms with van der Waals surface area (Å²) in [7, 11) is 0. The molecule has 1 atom stereocenters. The fraction of sp³-hybridized carbons (Fsp3) is 0.647. The third-order valence-electron chi connectivity index (χ3n) is 3.94. The normalized spacial score (nSPS) is 17.0. The zero-order chi connectivity index (χ0) is 15.8. The van der Waals surface area contributed by atoms with Crippen LogP contribution in [0.1, 0.15) is 43.5 Å². The van der Waals surface area contributed by atoms with Crippen molar-refractivity contribution in [2.45, 2.75) is 33.1 Å². The highest BCUT2D eigenvalue weighted by Gasteiger charge is 2.16. The average Bonchev–Trinajstić information content (AvgIpc) is 2.54. The van der Waals surface area contributed by atoms with Gasteiger partial charge in [0.15, 0.2) is 0 Å². The number of piperidine rings is 1. The number of aromatic nitrogens is 1. The van der Waals surface area contributed by atoms with Crippen LogP contribution >= 0.6 is 0 Å². The summed E-state index contributed by atoms with van der Waals surface area (Å²) < 4.78 is 5.07. The molecule has 5 heteroatoms. The van der Waals surface area contributed by atoms with Gasteiger partial charge in [-0.1, -0.05) is 13.3 Å². The molecule has 1 aliphatic heterocycles. The maximum Gasteiger partial charge on any atom is 0.341 e. The van der Waals surface area contributed by atoms with Crippen molar-refractivity contribution >= 4 is 11.8 Å². The maximum absolute atomic E-state index is 11.9. The Morgan fingerprint density at radius 3 is 2.91 bits per heavy atom. The minimum absolute atomic E-state index is 0.318. The van der Waals surface area contributed by atoms with Crippen LogP contribution in [0, 0.1) is 5.92 Å². The van der Waals surface area contributed by atoms with Crippen LogP contribution in [0.5, 0.6) is 0 Å². The molecule has 2 rings (SSSR count). The van der Waals surface area contributed by atoms with E-state index in [1.807, 2.05) is 6.92 Å². The number of ether oxygens (including phenoxy) is 1. The summed E-state index contributed by atoms with van der Waals surface area (Å²) in [5, 5.41) is 3.30. The van der Waals surface area contributed by atoms with E-state index >= 15 is 0 Å². The molecule has 0 saturated carbocycles. The zero-order valence-corrected chi connectivity index (χ0v) is 13.7. The highest BCUT2D eigenvalue weighted by Crippen LogP contribution is 2.15. The second-order valence-electron chi connectivity index (χ2n) is 5.97. The molecule has 1 fully saturated rings. The molecule has 1 saturated heterocycles. The van der Waals surface area contributed by atoms with Crippen LogP contribution < -0.4 is 5.32 Å². The van der Waals surface area contributed by atoms with Gasteiger partial charge in [-0.25, -0.2) is 9.78 Å². The first-order valence-corrected chi connectivity index (χ1v) is 8.29. The number of pyridine rings is 1. The quantitative estimate of drug-likeness (QED) is 0.785. The molecule has 5 nitrogen and oxygen atoms in total. The summed E-state index contributed by atoms with van der Waals surface area (Å²) in [6.07, 6.45) is 5.68. The third-order valence-corrected chi connectivity index (χ3v) is 3.94. The van der Waals surface area contributed by atoms with E-state index in [1.165, 1.54) is 32.4 Å². The molecule has 0 bridgehead atoms.